The molecule has 0 saturated carbocycles. The van der Waals surface area contributed by atoms with Crippen LogP contribution in [-0.4, -0.2) is 19.0 Å². The number of hydrogen-bond donors (Lipinski definition) is 1. The molecular weight excluding hydrogens is 298 g/mol. The van der Waals surface area contributed by atoms with Gasteiger partial charge in [0.25, 0.3) is 0 Å². The van der Waals surface area contributed by atoms with Crippen molar-refractivity contribution in [2.45, 2.75) is 53.4 Å². The number of anilines is 1. The van der Waals surface area contributed by atoms with Gasteiger partial charge in [-0.1, -0.05) is 27.2 Å². The third-order valence-corrected chi connectivity index (χ3v) is 6.14. The second kappa shape index (κ2) is 6.82. The van der Waals surface area contributed by atoms with Crippen molar-refractivity contribution < 1.29 is 14.3 Å². The number of hydrogen-bond acceptors (Lipinski definition) is 4. The molecule has 1 amide bonds. The third-order valence-electron chi connectivity index (χ3n) is 4.95. The quantitative estimate of drug-likeness (QED) is 0.635. The average Bonchev–Trinajstić information content (AvgIpc) is 2.85. The molecule has 1 unspecified atom stereocenters. The maximum atomic E-state index is 12.2. The molecule has 1 N–H and O–H groups in total. The van der Waals surface area contributed by atoms with Crippen LogP contribution < -0.4 is 5.32 Å². The lowest BCUT2D eigenvalue weighted by Crippen LogP contribution is -2.28. The fourth-order valence-electron chi connectivity index (χ4n) is 3.12. The van der Waals surface area contributed by atoms with Crippen molar-refractivity contribution in [3.05, 3.63) is 16.0 Å². The van der Waals surface area contributed by atoms with Gasteiger partial charge in [0.2, 0.25) is 6.41 Å². The Bertz CT molecular complexity index is 562. The summed E-state index contributed by atoms with van der Waals surface area (Å²) in [5.74, 6) is 0.292. The summed E-state index contributed by atoms with van der Waals surface area (Å²) in [5.41, 5.74) is 1.95. The van der Waals surface area contributed by atoms with E-state index in [9.17, 15) is 9.59 Å². The van der Waals surface area contributed by atoms with Crippen LogP contribution >= 0.6 is 11.3 Å². The summed E-state index contributed by atoms with van der Waals surface area (Å²) in [6.45, 7) is 8.99. The molecule has 0 spiro atoms. The number of esters is 1. The number of fused-ring (bicyclic) bond motifs is 1. The minimum atomic E-state index is -0.322. The highest BCUT2D eigenvalue weighted by atomic mass is 32.1. The molecule has 0 bridgehead atoms. The Morgan fingerprint density at radius 2 is 2.18 bits per heavy atom. The molecule has 4 nitrogen and oxygen atoms in total. The van der Waals surface area contributed by atoms with Gasteiger partial charge in [-0.25, -0.2) is 4.79 Å². The van der Waals surface area contributed by atoms with Crippen molar-refractivity contribution in [3.8, 4) is 0 Å². The molecule has 0 aliphatic heterocycles. The van der Waals surface area contributed by atoms with E-state index in [2.05, 4.69) is 26.1 Å². The summed E-state index contributed by atoms with van der Waals surface area (Å²) in [7, 11) is 0. The topological polar surface area (TPSA) is 55.4 Å². The van der Waals surface area contributed by atoms with Crippen LogP contribution in [0.3, 0.4) is 0 Å². The van der Waals surface area contributed by atoms with Crippen molar-refractivity contribution in [2.24, 2.45) is 11.3 Å². The molecule has 0 aromatic carbocycles. The van der Waals surface area contributed by atoms with Crippen molar-refractivity contribution in [2.75, 3.05) is 11.9 Å². The fourth-order valence-corrected chi connectivity index (χ4v) is 4.39. The number of amides is 1. The van der Waals surface area contributed by atoms with E-state index >= 15 is 0 Å². The zero-order chi connectivity index (χ0) is 16.3. The number of carbonyl (C=O) groups excluding carboxylic acids is 2. The van der Waals surface area contributed by atoms with Gasteiger partial charge in [0.1, 0.15) is 5.00 Å². The van der Waals surface area contributed by atoms with Gasteiger partial charge in [0, 0.05) is 4.88 Å². The van der Waals surface area contributed by atoms with Gasteiger partial charge in [0.05, 0.1) is 12.2 Å². The maximum absolute atomic E-state index is 12.2. The summed E-state index contributed by atoms with van der Waals surface area (Å²) in [6, 6.07) is 0. The fraction of sp³-hybridized carbons (Fsp3) is 0.647. The van der Waals surface area contributed by atoms with Crippen LogP contribution in [0.5, 0.6) is 0 Å². The van der Waals surface area contributed by atoms with E-state index in [1.165, 1.54) is 16.2 Å². The van der Waals surface area contributed by atoms with Gasteiger partial charge in [-0.2, -0.15) is 0 Å². The molecule has 1 aromatic rings. The highest BCUT2D eigenvalue weighted by molar-refractivity contribution is 7.16. The van der Waals surface area contributed by atoms with Crippen molar-refractivity contribution in [3.63, 3.8) is 0 Å². The highest BCUT2D eigenvalue weighted by Crippen LogP contribution is 2.45. The van der Waals surface area contributed by atoms with E-state index in [0.29, 0.717) is 34.9 Å². The molecule has 1 aliphatic carbocycles. The lowest BCUT2D eigenvalue weighted by atomic mass is 9.69. The smallest absolute Gasteiger partial charge is 0.341 e. The van der Waals surface area contributed by atoms with Crippen LogP contribution in [0.1, 0.15) is 61.3 Å². The Kier molecular flexibility index (Phi) is 5.27. The molecule has 2 rings (SSSR count). The van der Waals surface area contributed by atoms with Gasteiger partial charge in [0.15, 0.2) is 0 Å². The predicted octanol–water partition coefficient (Wildman–Crippen LogP) is 4.03. The van der Waals surface area contributed by atoms with E-state index in [-0.39, 0.29) is 5.97 Å². The number of rotatable bonds is 6. The van der Waals surface area contributed by atoms with Crippen molar-refractivity contribution in [1.29, 1.82) is 0 Å². The first-order valence-corrected chi connectivity index (χ1v) is 8.78. The first-order valence-electron chi connectivity index (χ1n) is 7.96. The van der Waals surface area contributed by atoms with Gasteiger partial charge in [-0.15, -0.1) is 11.3 Å². The van der Waals surface area contributed by atoms with Gasteiger partial charge >= 0.3 is 5.97 Å². The molecule has 0 saturated heterocycles. The van der Waals surface area contributed by atoms with E-state index < -0.39 is 0 Å². The molecule has 0 fully saturated rings. The van der Waals surface area contributed by atoms with Crippen LogP contribution in [0.2, 0.25) is 0 Å². The molecular formula is C17H25NO3S. The Morgan fingerprint density at radius 1 is 1.45 bits per heavy atom. The maximum Gasteiger partial charge on any atom is 0.341 e. The number of thiophene rings is 1. The first kappa shape index (κ1) is 17.0. The number of nitrogens with one attached hydrogen (secondary N) is 1. The lowest BCUT2D eigenvalue weighted by molar-refractivity contribution is -0.105. The van der Waals surface area contributed by atoms with E-state index in [4.69, 9.17) is 4.74 Å². The van der Waals surface area contributed by atoms with Gasteiger partial charge in [-0.3, -0.25) is 4.79 Å². The van der Waals surface area contributed by atoms with Crippen LogP contribution in [0.25, 0.3) is 0 Å². The third kappa shape index (κ3) is 3.19. The Labute approximate surface area is 136 Å². The second-order valence-electron chi connectivity index (χ2n) is 6.47. The van der Waals surface area contributed by atoms with Crippen LogP contribution in [0, 0.1) is 11.3 Å². The van der Waals surface area contributed by atoms with Crippen molar-refractivity contribution >= 4 is 28.7 Å². The Balaban J connectivity index is 2.36. The van der Waals surface area contributed by atoms with Gasteiger partial charge in [-0.05, 0) is 43.1 Å². The molecule has 1 aliphatic rings. The summed E-state index contributed by atoms with van der Waals surface area (Å²) >= 11 is 1.53. The average molecular weight is 323 g/mol. The lowest BCUT2D eigenvalue weighted by Gasteiger charge is -2.36. The predicted molar refractivity (Wildman–Crippen MR) is 89.5 cm³/mol. The van der Waals surface area contributed by atoms with Crippen LogP contribution in [0.15, 0.2) is 0 Å². The van der Waals surface area contributed by atoms with E-state index in [1.807, 2.05) is 0 Å². The van der Waals surface area contributed by atoms with Gasteiger partial charge < -0.3 is 10.1 Å². The molecule has 1 heterocycles. The molecule has 1 aromatic heterocycles. The second-order valence-corrected chi connectivity index (χ2v) is 7.58. The van der Waals surface area contributed by atoms with E-state index in [0.717, 1.165) is 31.2 Å². The molecule has 0 radical (unpaired) electrons. The summed E-state index contributed by atoms with van der Waals surface area (Å²) < 4.78 is 5.17. The van der Waals surface area contributed by atoms with E-state index in [1.54, 1.807) is 6.92 Å². The van der Waals surface area contributed by atoms with Crippen LogP contribution in [-0.2, 0) is 22.4 Å². The SMILES string of the molecule is CCOC(=O)c1c(NC=O)sc2c1CCC(C(C)(C)CC)C2. The Morgan fingerprint density at radius 3 is 2.77 bits per heavy atom. The summed E-state index contributed by atoms with van der Waals surface area (Å²) in [5, 5.41) is 3.31. The highest BCUT2D eigenvalue weighted by Gasteiger charge is 2.35. The van der Waals surface area contributed by atoms with Crippen molar-refractivity contribution in [1.82, 2.24) is 0 Å². The molecule has 5 heteroatoms. The standard InChI is InChI=1S/C17H25NO3S/c1-5-17(3,4)11-7-8-12-13(9-11)22-15(18-10-19)14(12)16(20)21-6-2/h10-11H,5-9H2,1-4H3,(H,18,19). The summed E-state index contributed by atoms with van der Waals surface area (Å²) in [4.78, 5) is 24.3. The number of carbonyl (C=O) groups is 2. The Hall–Kier alpha value is -1.36. The monoisotopic (exact) mass is 323 g/mol. The summed E-state index contributed by atoms with van der Waals surface area (Å²) in [6.07, 6.45) is 4.72. The first-order chi connectivity index (χ1) is 10.4. The zero-order valence-corrected chi connectivity index (χ0v) is 14.6. The largest absolute Gasteiger partial charge is 0.462 e. The van der Waals surface area contributed by atoms with Crippen LogP contribution in [0.4, 0.5) is 5.00 Å². The minimum absolute atomic E-state index is 0.296. The molecule has 122 valence electrons. The zero-order valence-electron chi connectivity index (χ0n) is 13.8. The molecule has 22 heavy (non-hydrogen) atoms. The molecule has 1 atom stereocenters. The number of ether oxygens (including phenoxy) is 1. The normalized spacial score (nSPS) is 17.7. The minimum Gasteiger partial charge on any atom is -0.462 e.